The fraction of sp³-hybridized carbons (Fsp3) is 0.714. The predicted octanol–water partition coefficient (Wildman–Crippen LogP) is 1.55. The number of carbonyl (C=O) groups excluding carboxylic acids is 1. The van der Waals surface area contributed by atoms with Crippen LogP contribution in [-0.4, -0.2) is 95.0 Å². The number of aromatic nitrogens is 2. The van der Waals surface area contributed by atoms with Crippen LogP contribution in [0.25, 0.3) is 0 Å². The number of hydrogen-bond acceptors (Lipinski definition) is 6. The number of carbonyl (C=O) groups is 1. The Morgan fingerprint density at radius 2 is 1.93 bits per heavy atom. The summed E-state index contributed by atoms with van der Waals surface area (Å²) in [6.45, 7) is 13.0. The zero-order valence-electron chi connectivity index (χ0n) is 18.5. The van der Waals surface area contributed by atoms with Crippen LogP contribution in [-0.2, 0) is 4.79 Å². The molecule has 8 nitrogen and oxygen atoms in total. The number of piperazine rings is 1. The lowest BCUT2D eigenvalue weighted by molar-refractivity contribution is -0.131. The number of aliphatic imine (C=N–C) groups is 1. The van der Waals surface area contributed by atoms with Crippen LogP contribution in [0.5, 0.6) is 0 Å². The van der Waals surface area contributed by atoms with E-state index in [4.69, 9.17) is 4.99 Å². The minimum absolute atomic E-state index is 0.178. The molecular weight excluding hydrogens is 398 g/mol. The maximum absolute atomic E-state index is 12.7. The third-order valence-corrected chi connectivity index (χ3v) is 7.07. The highest BCUT2D eigenvalue weighted by molar-refractivity contribution is 8.00. The Morgan fingerprint density at radius 3 is 2.60 bits per heavy atom. The molecule has 0 bridgehead atoms. The summed E-state index contributed by atoms with van der Waals surface area (Å²) >= 11 is 2.06. The van der Waals surface area contributed by atoms with Crippen molar-refractivity contribution in [3.8, 4) is 0 Å². The average molecular weight is 434 g/mol. The molecule has 3 heterocycles. The fourth-order valence-corrected chi connectivity index (χ4v) is 5.02. The molecule has 1 atom stereocenters. The second-order valence-electron chi connectivity index (χ2n) is 8.00. The van der Waals surface area contributed by atoms with Crippen LogP contribution in [0.3, 0.4) is 0 Å². The molecule has 2 aliphatic heterocycles. The molecule has 1 aromatic heterocycles. The van der Waals surface area contributed by atoms with Crippen molar-refractivity contribution < 1.29 is 4.79 Å². The van der Waals surface area contributed by atoms with Crippen LogP contribution in [0.15, 0.2) is 23.5 Å². The Morgan fingerprint density at radius 1 is 1.20 bits per heavy atom. The number of nitrogens with one attached hydrogen (secondary N) is 1. The smallest absolute Gasteiger partial charge is 0.225 e. The maximum atomic E-state index is 12.7. The molecule has 0 spiro atoms. The van der Waals surface area contributed by atoms with Gasteiger partial charge >= 0.3 is 0 Å². The number of hydrogen-bond donors (Lipinski definition) is 1. The van der Waals surface area contributed by atoms with E-state index < -0.39 is 0 Å². The van der Waals surface area contributed by atoms with E-state index in [1.807, 2.05) is 11.0 Å². The molecule has 2 saturated heterocycles. The monoisotopic (exact) mass is 433 g/mol. The number of amides is 1. The molecule has 1 aromatic rings. The van der Waals surface area contributed by atoms with E-state index in [0.717, 1.165) is 50.4 Å². The normalized spacial score (nSPS) is 20.6. The van der Waals surface area contributed by atoms with Gasteiger partial charge in [-0.15, -0.1) is 0 Å². The van der Waals surface area contributed by atoms with Gasteiger partial charge in [-0.2, -0.15) is 11.8 Å². The molecule has 1 unspecified atom stereocenters. The number of anilines is 1. The molecule has 2 aliphatic rings. The van der Waals surface area contributed by atoms with Gasteiger partial charge < -0.3 is 20.0 Å². The number of thioether (sulfide) groups is 1. The molecule has 166 valence electrons. The summed E-state index contributed by atoms with van der Waals surface area (Å²) in [6, 6.07) is 1.82. The standard InChI is InChI=1S/C21H35N7OS/c1-4-22-20(28-14-15-30-18(16-28)17(2)3)25-9-6-19(29)26-10-12-27(13-11-26)21-23-7-5-8-24-21/h5,7-8,17-18H,4,6,9-16H2,1-3H3,(H,22,25). The van der Waals surface area contributed by atoms with Crippen LogP contribution in [0.2, 0.25) is 0 Å². The maximum Gasteiger partial charge on any atom is 0.225 e. The summed E-state index contributed by atoms with van der Waals surface area (Å²) in [5.74, 6) is 3.65. The number of guanidine groups is 1. The van der Waals surface area contributed by atoms with Gasteiger partial charge in [-0.1, -0.05) is 13.8 Å². The lowest BCUT2D eigenvalue weighted by Crippen LogP contribution is -2.50. The van der Waals surface area contributed by atoms with E-state index in [-0.39, 0.29) is 5.91 Å². The van der Waals surface area contributed by atoms with E-state index in [9.17, 15) is 4.79 Å². The molecule has 0 aromatic carbocycles. The second-order valence-corrected chi connectivity index (χ2v) is 9.35. The molecule has 2 fully saturated rings. The zero-order valence-corrected chi connectivity index (χ0v) is 19.3. The third kappa shape index (κ3) is 6.23. The third-order valence-electron chi connectivity index (χ3n) is 5.53. The van der Waals surface area contributed by atoms with Crippen molar-refractivity contribution in [3.05, 3.63) is 18.5 Å². The van der Waals surface area contributed by atoms with E-state index >= 15 is 0 Å². The topological polar surface area (TPSA) is 77.0 Å². The molecule has 0 radical (unpaired) electrons. The minimum Gasteiger partial charge on any atom is -0.357 e. The van der Waals surface area contributed by atoms with Crippen LogP contribution in [0.4, 0.5) is 5.95 Å². The van der Waals surface area contributed by atoms with Crippen molar-refractivity contribution in [1.29, 1.82) is 0 Å². The predicted molar refractivity (Wildman–Crippen MR) is 124 cm³/mol. The zero-order chi connectivity index (χ0) is 21.3. The SMILES string of the molecule is CCNC(=NCCC(=O)N1CCN(c2ncccn2)CC1)N1CCSC(C(C)C)C1. The molecular formula is C21H35N7OS. The Balaban J connectivity index is 1.47. The first-order chi connectivity index (χ1) is 14.6. The summed E-state index contributed by atoms with van der Waals surface area (Å²) in [5, 5.41) is 4.04. The van der Waals surface area contributed by atoms with E-state index in [2.05, 4.69) is 57.6 Å². The fourth-order valence-electron chi connectivity index (χ4n) is 3.72. The molecule has 30 heavy (non-hydrogen) atoms. The van der Waals surface area contributed by atoms with Crippen molar-refractivity contribution in [2.45, 2.75) is 32.4 Å². The second kappa shape index (κ2) is 11.4. The van der Waals surface area contributed by atoms with Gasteiger partial charge in [-0.3, -0.25) is 9.79 Å². The van der Waals surface area contributed by atoms with Gasteiger partial charge in [0.15, 0.2) is 5.96 Å². The summed E-state index contributed by atoms with van der Waals surface area (Å²) in [6.07, 6.45) is 3.96. The van der Waals surface area contributed by atoms with Crippen molar-refractivity contribution in [1.82, 2.24) is 25.1 Å². The van der Waals surface area contributed by atoms with Crippen LogP contribution in [0, 0.1) is 5.92 Å². The Bertz CT molecular complexity index is 692. The van der Waals surface area contributed by atoms with E-state index in [0.29, 0.717) is 37.2 Å². The van der Waals surface area contributed by atoms with Crippen LogP contribution >= 0.6 is 11.8 Å². The molecule has 3 rings (SSSR count). The van der Waals surface area contributed by atoms with Gasteiger partial charge in [0.05, 0.1) is 6.54 Å². The number of rotatable bonds is 6. The molecule has 1 amide bonds. The Kier molecular flexibility index (Phi) is 8.60. The van der Waals surface area contributed by atoms with Gasteiger partial charge in [0.1, 0.15) is 0 Å². The van der Waals surface area contributed by atoms with Crippen molar-refractivity contribution >= 4 is 29.6 Å². The van der Waals surface area contributed by atoms with Gasteiger partial charge in [-0.25, -0.2) is 9.97 Å². The van der Waals surface area contributed by atoms with Crippen molar-refractivity contribution in [2.75, 3.05) is 63.0 Å². The highest BCUT2D eigenvalue weighted by Crippen LogP contribution is 2.24. The van der Waals surface area contributed by atoms with Crippen molar-refractivity contribution in [2.24, 2.45) is 10.9 Å². The lowest BCUT2D eigenvalue weighted by Gasteiger charge is -2.36. The van der Waals surface area contributed by atoms with Crippen LogP contribution in [0.1, 0.15) is 27.2 Å². The molecule has 1 N–H and O–H groups in total. The summed E-state index contributed by atoms with van der Waals surface area (Å²) in [7, 11) is 0. The van der Waals surface area contributed by atoms with E-state index in [1.165, 1.54) is 0 Å². The first kappa shape index (κ1) is 22.7. The van der Waals surface area contributed by atoms with Gasteiger partial charge in [0.2, 0.25) is 11.9 Å². The summed E-state index contributed by atoms with van der Waals surface area (Å²) in [5.41, 5.74) is 0. The first-order valence-corrected chi connectivity index (χ1v) is 12.1. The summed E-state index contributed by atoms with van der Waals surface area (Å²) in [4.78, 5) is 32.5. The Hall–Kier alpha value is -2.03. The highest BCUT2D eigenvalue weighted by Gasteiger charge is 2.25. The van der Waals surface area contributed by atoms with E-state index in [1.54, 1.807) is 12.4 Å². The average Bonchev–Trinajstić information content (AvgIpc) is 2.79. The van der Waals surface area contributed by atoms with Gasteiger partial charge in [0, 0.05) is 75.6 Å². The largest absolute Gasteiger partial charge is 0.357 e. The molecule has 9 heteroatoms. The van der Waals surface area contributed by atoms with Gasteiger partial charge in [-0.05, 0) is 18.9 Å². The highest BCUT2D eigenvalue weighted by atomic mass is 32.2. The van der Waals surface area contributed by atoms with Crippen molar-refractivity contribution in [3.63, 3.8) is 0 Å². The van der Waals surface area contributed by atoms with Gasteiger partial charge in [0.25, 0.3) is 0 Å². The first-order valence-electron chi connectivity index (χ1n) is 11.0. The summed E-state index contributed by atoms with van der Waals surface area (Å²) < 4.78 is 0. The van der Waals surface area contributed by atoms with Crippen LogP contribution < -0.4 is 10.2 Å². The quantitative estimate of drug-likeness (QED) is 0.539. The lowest BCUT2D eigenvalue weighted by atomic mass is 10.1. The molecule has 0 saturated carbocycles. The molecule has 0 aliphatic carbocycles. The number of nitrogens with zero attached hydrogens (tertiary/aromatic N) is 6. The minimum atomic E-state index is 0.178. The Labute approximate surface area is 184 Å².